The minimum Gasteiger partial charge on any atom is -0.493 e. The molecule has 0 radical (unpaired) electrons. The van der Waals surface area contributed by atoms with E-state index in [4.69, 9.17) is 30.1 Å². The number of halogens is 1. The predicted molar refractivity (Wildman–Crippen MR) is 139 cm³/mol. The van der Waals surface area contributed by atoms with E-state index in [1.165, 1.54) is 19.4 Å². The van der Waals surface area contributed by atoms with Crippen LogP contribution in [0, 0.1) is 11.2 Å². The molecule has 40 heavy (non-hydrogen) atoms. The number of carbonyl (C=O) groups excluding carboxylic acids is 1. The van der Waals surface area contributed by atoms with Gasteiger partial charge in [0.1, 0.15) is 30.7 Å². The highest BCUT2D eigenvalue weighted by atomic mass is 19.1. The van der Waals surface area contributed by atoms with Gasteiger partial charge in [-0.2, -0.15) is 9.78 Å². The number of nitrogens with zero attached hydrogens (tertiary/aromatic N) is 3. The van der Waals surface area contributed by atoms with Gasteiger partial charge in [0, 0.05) is 16.8 Å². The summed E-state index contributed by atoms with van der Waals surface area (Å²) in [5.41, 5.74) is 5.82. The van der Waals surface area contributed by atoms with Gasteiger partial charge >= 0.3 is 11.7 Å². The van der Waals surface area contributed by atoms with Gasteiger partial charge < -0.3 is 30.0 Å². The molecule has 0 aliphatic carbocycles. The molecule has 2 aromatic heterocycles. The van der Waals surface area contributed by atoms with Crippen molar-refractivity contribution in [3.63, 3.8) is 0 Å². The fourth-order valence-corrected chi connectivity index (χ4v) is 4.15. The molecule has 15 heteroatoms. The first-order valence-electron chi connectivity index (χ1n) is 12.1. The average molecular weight is 553 g/mol. The molecule has 0 spiro atoms. The van der Waals surface area contributed by atoms with Crippen molar-refractivity contribution in [2.45, 2.75) is 13.0 Å². The number of anilines is 1. The first-order chi connectivity index (χ1) is 19.3. The number of aromatic nitrogens is 5. The van der Waals surface area contributed by atoms with E-state index in [-0.39, 0.29) is 65.7 Å². The van der Waals surface area contributed by atoms with Crippen LogP contribution < -0.4 is 31.0 Å². The highest BCUT2D eigenvalue weighted by Crippen LogP contribution is 2.45. The number of esters is 1. The number of fused-ring (bicyclic) bond motifs is 1. The number of nitrogens with one attached hydrogen (secondary N) is 4. The molecule has 6 N–H and O–H groups in total. The Morgan fingerprint density at radius 2 is 2.00 bits per heavy atom. The average Bonchev–Trinajstić information content (AvgIpc) is 3.59. The summed E-state index contributed by atoms with van der Waals surface area (Å²) in [5, 5.41) is 21.5. The van der Waals surface area contributed by atoms with Crippen LogP contribution in [0.4, 0.5) is 10.1 Å². The molecule has 0 fully saturated rings. The highest BCUT2D eigenvalue weighted by Gasteiger charge is 2.32. The number of amidine groups is 1. The second kappa shape index (κ2) is 10.8. The van der Waals surface area contributed by atoms with Gasteiger partial charge in [-0.1, -0.05) is 0 Å². The third-order valence-corrected chi connectivity index (χ3v) is 6.02. The van der Waals surface area contributed by atoms with E-state index in [0.717, 1.165) is 4.68 Å². The summed E-state index contributed by atoms with van der Waals surface area (Å²) in [6, 6.07) is 6.82. The maximum atomic E-state index is 16.0. The number of nitrogen functional groups attached to an aromatic ring is 1. The van der Waals surface area contributed by atoms with Crippen LogP contribution in [0.15, 0.2) is 41.3 Å². The predicted octanol–water partition coefficient (Wildman–Crippen LogP) is 1.86. The lowest BCUT2D eigenvalue weighted by atomic mass is 10.0. The van der Waals surface area contributed by atoms with Crippen molar-refractivity contribution in [1.29, 1.82) is 5.41 Å². The first kappa shape index (κ1) is 26.3. The number of carbonyl (C=O) groups is 1. The number of hydrogen-bond donors (Lipinski definition) is 5. The maximum Gasteiger partial charge on any atom is 0.349 e. The topological polar surface area (TPSA) is 195 Å². The Hall–Kier alpha value is -5.34. The van der Waals surface area contributed by atoms with Crippen LogP contribution in [0.3, 0.4) is 0 Å². The summed E-state index contributed by atoms with van der Waals surface area (Å²) in [6.07, 6.45) is 1.21. The van der Waals surface area contributed by atoms with Crippen LogP contribution in [0.5, 0.6) is 17.2 Å². The molecule has 1 atom stereocenters. The standard InChI is InChI=1S/C25H25FN8O6/c1-3-38-24(35)15-11-29-32-23(15)34-25(36)31-22(33-34)18(30-13-6-4-12(5-7-13)21(27)28)14-10-16(37-2)19-20(17(14)26)40-9-8-39-19/h4-7,10-11,18,30H,3,8-9H2,1-2H3,(H3,27,28)(H,29,32)(H,31,33,36). The smallest absolute Gasteiger partial charge is 0.349 e. The van der Waals surface area contributed by atoms with E-state index in [2.05, 4.69) is 25.6 Å². The summed E-state index contributed by atoms with van der Waals surface area (Å²) < 4.78 is 38.5. The molecule has 0 saturated carbocycles. The first-order valence-corrected chi connectivity index (χ1v) is 12.1. The number of ether oxygens (including phenoxy) is 4. The Kier molecular flexibility index (Phi) is 7.09. The summed E-state index contributed by atoms with van der Waals surface area (Å²) in [4.78, 5) is 28.0. The maximum absolute atomic E-state index is 16.0. The van der Waals surface area contributed by atoms with E-state index in [0.29, 0.717) is 11.3 Å². The second-order valence-corrected chi connectivity index (χ2v) is 8.49. The van der Waals surface area contributed by atoms with E-state index in [1.54, 1.807) is 31.2 Å². The lowest BCUT2D eigenvalue weighted by molar-refractivity contribution is 0.0526. The molecule has 1 unspecified atom stereocenters. The Labute approximate surface area is 225 Å². The molecule has 208 valence electrons. The van der Waals surface area contributed by atoms with Gasteiger partial charge in [-0.3, -0.25) is 15.5 Å². The molecule has 5 rings (SSSR count). The van der Waals surface area contributed by atoms with Gasteiger partial charge in [-0.15, -0.1) is 5.10 Å². The van der Waals surface area contributed by atoms with E-state index in [9.17, 15) is 9.59 Å². The SMILES string of the molecule is CCOC(=O)c1cn[nH]c1-n1nc(C(Nc2ccc(C(=N)N)cc2)c2cc(OC)c3c(c2F)OCCO3)[nH]c1=O. The van der Waals surface area contributed by atoms with Crippen LogP contribution in [0.2, 0.25) is 0 Å². The largest absolute Gasteiger partial charge is 0.493 e. The van der Waals surface area contributed by atoms with Crippen molar-refractivity contribution in [1.82, 2.24) is 25.0 Å². The highest BCUT2D eigenvalue weighted by molar-refractivity contribution is 5.95. The van der Waals surface area contributed by atoms with Gasteiger partial charge in [-0.05, 0) is 37.3 Å². The Morgan fingerprint density at radius 1 is 1.27 bits per heavy atom. The molecule has 4 aromatic rings. The summed E-state index contributed by atoms with van der Waals surface area (Å²) in [5.74, 6) is -1.42. The number of benzene rings is 2. The van der Waals surface area contributed by atoms with Crippen LogP contribution in [-0.2, 0) is 4.74 Å². The molecule has 0 saturated heterocycles. The van der Waals surface area contributed by atoms with Crippen molar-refractivity contribution in [3.05, 3.63) is 75.3 Å². The zero-order valence-electron chi connectivity index (χ0n) is 21.4. The molecular weight excluding hydrogens is 527 g/mol. The number of hydrogen-bond acceptors (Lipinski definition) is 10. The number of aromatic amines is 2. The fraction of sp³-hybridized carbons (Fsp3) is 0.240. The van der Waals surface area contributed by atoms with E-state index in [1.807, 2.05) is 0 Å². The van der Waals surface area contributed by atoms with Crippen molar-refractivity contribution in [2.24, 2.45) is 5.73 Å². The van der Waals surface area contributed by atoms with Gasteiger partial charge in [0.2, 0.25) is 11.5 Å². The summed E-state index contributed by atoms with van der Waals surface area (Å²) in [7, 11) is 1.41. The molecular formula is C25H25FN8O6. The van der Waals surface area contributed by atoms with Gasteiger partial charge in [0.05, 0.1) is 19.9 Å². The molecule has 1 aliphatic heterocycles. The van der Waals surface area contributed by atoms with Crippen molar-refractivity contribution in [3.8, 4) is 23.1 Å². The normalized spacial score (nSPS) is 13.0. The van der Waals surface area contributed by atoms with Gasteiger partial charge in [-0.25, -0.2) is 14.0 Å². The Bertz CT molecular complexity index is 1630. The summed E-state index contributed by atoms with van der Waals surface area (Å²) in [6.45, 7) is 2.11. The molecule has 0 bridgehead atoms. The van der Waals surface area contributed by atoms with Gasteiger partial charge in [0.25, 0.3) is 0 Å². The molecule has 2 aromatic carbocycles. The van der Waals surface area contributed by atoms with Gasteiger partial charge in [0.15, 0.2) is 23.2 Å². The number of nitrogens with two attached hydrogens (primary N) is 1. The third kappa shape index (κ3) is 4.79. The lowest BCUT2D eigenvalue weighted by Gasteiger charge is -2.25. The minimum absolute atomic E-state index is 0.0114. The van der Waals surface area contributed by atoms with Crippen LogP contribution >= 0.6 is 0 Å². The van der Waals surface area contributed by atoms with Crippen molar-refractivity contribution >= 4 is 17.5 Å². The number of rotatable bonds is 9. The Morgan fingerprint density at radius 3 is 2.67 bits per heavy atom. The lowest BCUT2D eigenvalue weighted by Crippen LogP contribution is -2.21. The van der Waals surface area contributed by atoms with E-state index < -0.39 is 23.5 Å². The van der Waals surface area contributed by atoms with Crippen LogP contribution in [0.25, 0.3) is 5.82 Å². The summed E-state index contributed by atoms with van der Waals surface area (Å²) >= 11 is 0. The molecule has 0 amide bonds. The minimum atomic E-state index is -1.10. The second-order valence-electron chi connectivity index (χ2n) is 8.49. The zero-order valence-corrected chi connectivity index (χ0v) is 21.4. The van der Waals surface area contributed by atoms with Crippen LogP contribution in [-0.4, -0.2) is 63.7 Å². The Balaban J connectivity index is 1.64. The van der Waals surface area contributed by atoms with Crippen LogP contribution in [0.1, 0.15) is 40.3 Å². The fourth-order valence-electron chi connectivity index (χ4n) is 4.15. The van der Waals surface area contributed by atoms with E-state index >= 15 is 4.39 Å². The quantitative estimate of drug-likeness (QED) is 0.116. The third-order valence-electron chi connectivity index (χ3n) is 6.02. The zero-order chi connectivity index (χ0) is 28.4. The monoisotopic (exact) mass is 552 g/mol. The molecule has 1 aliphatic rings. The van der Waals surface area contributed by atoms with Crippen molar-refractivity contribution in [2.75, 3.05) is 32.2 Å². The molecule has 3 heterocycles. The number of methoxy groups -OCH3 is 1. The van der Waals surface area contributed by atoms with Crippen molar-refractivity contribution < 1.29 is 28.1 Å². The number of H-pyrrole nitrogens is 2. The molecule has 14 nitrogen and oxygen atoms in total.